The fourth-order valence-electron chi connectivity index (χ4n) is 1.56. The lowest BCUT2D eigenvalue weighted by Crippen LogP contribution is -2.34. The van der Waals surface area contributed by atoms with E-state index in [1.54, 1.807) is 0 Å². The first kappa shape index (κ1) is 12.9. The summed E-state index contributed by atoms with van der Waals surface area (Å²) in [6.07, 6.45) is -0.181. The Labute approximate surface area is 102 Å². The first-order chi connectivity index (χ1) is 8.70. The van der Waals surface area contributed by atoms with Crippen LogP contribution in [0.15, 0.2) is 6.07 Å². The SMILES string of the molecule is NNc1nc(NCC2COCCO2)c(F)cc1F. The van der Waals surface area contributed by atoms with Crippen molar-refractivity contribution in [3.05, 3.63) is 17.7 Å². The molecule has 2 heterocycles. The largest absolute Gasteiger partial charge is 0.376 e. The molecule has 1 saturated heterocycles. The van der Waals surface area contributed by atoms with E-state index in [2.05, 4.69) is 15.7 Å². The molecule has 1 aliphatic rings. The number of pyridine rings is 1. The number of hydrogen-bond donors (Lipinski definition) is 3. The lowest BCUT2D eigenvalue weighted by molar-refractivity contribution is -0.0819. The summed E-state index contributed by atoms with van der Waals surface area (Å²) in [6.45, 7) is 1.81. The molecule has 18 heavy (non-hydrogen) atoms. The molecule has 1 fully saturated rings. The number of anilines is 2. The fourth-order valence-corrected chi connectivity index (χ4v) is 1.56. The van der Waals surface area contributed by atoms with Crippen molar-refractivity contribution in [1.82, 2.24) is 4.98 Å². The van der Waals surface area contributed by atoms with E-state index in [0.29, 0.717) is 32.4 Å². The molecule has 4 N–H and O–H groups in total. The zero-order valence-corrected chi connectivity index (χ0v) is 9.58. The van der Waals surface area contributed by atoms with Crippen molar-refractivity contribution >= 4 is 11.6 Å². The highest BCUT2D eigenvalue weighted by Crippen LogP contribution is 2.18. The summed E-state index contributed by atoms with van der Waals surface area (Å²) in [5.74, 6) is 3.12. The van der Waals surface area contributed by atoms with Crippen LogP contribution in [0, 0.1) is 11.6 Å². The van der Waals surface area contributed by atoms with Crippen molar-refractivity contribution in [2.75, 3.05) is 37.1 Å². The molecule has 1 aliphatic heterocycles. The fraction of sp³-hybridized carbons (Fsp3) is 0.500. The van der Waals surface area contributed by atoms with Gasteiger partial charge in [-0.1, -0.05) is 0 Å². The van der Waals surface area contributed by atoms with Gasteiger partial charge in [0.1, 0.15) is 0 Å². The summed E-state index contributed by atoms with van der Waals surface area (Å²) in [5.41, 5.74) is 2.05. The standard InChI is InChI=1S/C10H14F2N4O2/c11-7-3-8(12)10(16-13)15-9(7)14-4-6-5-17-1-2-18-6/h3,6H,1-2,4-5,13H2,(H2,14,15,16). The molecule has 100 valence electrons. The van der Waals surface area contributed by atoms with E-state index in [0.717, 1.165) is 0 Å². The minimum Gasteiger partial charge on any atom is -0.376 e. The molecule has 0 aromatic carbocycles. The lowest BCUT2D eigenvalue weighted by atomic mass is 10.3. The van der Waals surface area contributed by atoms with Gasteiger partial charge in [0.15, 0.2) is 23.3 Å². The first-order valence-corrected chi connectivity index (χ1v) is 5.46. The van der Waals surface area contributed by atoms with Gasteiger partial charge in [-0.3, -0.25) is 0 Å². The van der Waals surface area contributed by atoms with Crippen LogP contribution in [0.2, 0.25) is 0 Å². The van der Waals surface area contributed by atoms with Crippen LogP contribution in [0.25, 0.3) is 0 Å². The summed E-state index contributed by atoms with van der Waals surface area (Å²) < 4.78 is 37.1. The van der Waals surface area contributed by atoms with Crippen LogP contribution in [0.3, 0.4) is 0 Å². The molecule has 0 amide bonds. The number of halogens is 2. The maximum Gasteiger partial charge on any atom is 0.178 e. The van der Waals surface area contributed by atoms with E-state index in [1.165, 1.54) is 0 Å². The van der Waals surface area contributed by atoms with Gasteiger partial charge >= 0.3 is 0 Å². The van der Waals surface area contributed by atoms with E-state index >= 15 is 0 Å². The van der Waals surface area contributed by atoms with Crippen molar-refractivity contribution < 1.29 is 18.3 Å². The Kier molecular flexibility index (Phi) is 4.24. The van der Waals surface area contributed by atoms with Crippen molar-refractivity contribution in [2.24, 2.45) is 5.84 Å². The van der Waals surface area contributed by atoms with Gasteiger partial charge in [-0.15, -0.1) is 0 Å². The molecule has 0 bridgehead atoms. The molecular weight excluding hydrogens is 246 g/mol. The predicted octanol–water partition coefficient (Wildman–Crippen LogP) is 0.473. The molecule has 0 radical (unpaired) electrons. The Hall–Kier alpha value is -1.51. The predicted molar refractivity (Wildman–Crippen MR) is 61.0 cm³/mol. The summed E-state index contributed by atoms with van der Waals surface area (Å²) in [5, 5.41) is 2.73. The minimum absolute atomic E-state index is 0.0847. The summed E-state index contributed by atoms with van der Waals surface area (Å²) in [6, 6.07) is 0.711. The van der Waals surface area contributed by atoms with Crippen LogP contribution in [0.4, 0.5) is 20.4 Å². The molecule has 2 rings (SSSR count). The second kappa shape index (κ2) is 5.89. The van der Waals surface area contributed by atoms with Gasteiger partial charge in [0.2, 0.25) is 0 Å². The van der Waals surface area contributed by atoms with Crippen LogP contribution in [-0.4, -0.2) is 37.5 Å². The summed E-state index contributed by atoms with van der Waals surface area (Å²) >= 11 is 0. The Morgan fingerprint density at radius 1 is 1.33 bits per heavy atom. The van der Waals surface area contributed by atoms with Crippen molar-refractivity contribution in [1.29, 1.82) is 0 Å². The van der Waals surface area contributed by atoms with E-state index < -0.39 is 11.6 Å². The zero-order valence-electron chi connectivity index (χ0n) is 9.58. The quantitative estimate of drug-likeness (QED) is 0.539. The number of aromatic nitrogens is 1. The number of hydrogen-bond acceptors (Lipinski definition) is 6. The molecule has 0 saturated carbocycles. The van der Waals surface area contributed by atoms with Gasteiger partial charge in [-0.25, -0.2) is 19.6 Å². The number of nitrogen functional groups attached to an aromatic ring is 1. The number of nitrogens with two attached hydrogens (primary N) is 1. The average molecular weight is 260 g/mol. The molecule has 1 aromatic rings. The van der Waals surface area contributed by atoms with Crippen molar-refractivity contribution in [3.63, 3.8) is 0 Å². The third-order valence-electron chi connectivity index (χ3n) is 2.45. The van der Waals surface area contributed by atoms with Gasteiger partial charge in [0.25, 0.3) is 0 Å². The first-order valence-electron chi connectivity index (χ1n) is 5.46. The molecule has 1 unspecified atom stereocenters. The number of nitrogens with one attached hydrogen (secondary N) is 2. The van der Waals surface area contributed by atoms with Crippen LogP contribution in [0.1, 0.15) is 0 Å². The normalized spacial score (nSPS) is 19.6. The number of rotatable bonds is 4. The van der Waals surface area contributed by atoms with Gasteiger partial charge in [-0.05, 0) is 0 Å². The topological polar surface area (TPSA) is 81.4 Å². The highest BCUT2D eigenvalue weighted by Gasteiger charge is 2.16. The third-order valence-corrected chi connectivity index (χ3v) is 2.45. The van der Waals surface area contributed by atoms with Crippen LogP contribution in [-0.2, 0) is 9.47 Å². The van der Waals surface area contributed by atoms with E-state index in [9.17, 15) is 8.78 Å². The molecule has 0 aliphatic carbocycles. The second-order valence-corrected chi connectivity index (χ2v) is 3.74. The van der Waals surface area contributed by atoms with Gasteiger partial charge < -0.3 is 20.2 Å². The molecular formula is C10H14F2N4O2. The van der Waals surface area contributed by atoms with E-state index in [4.69, 9.17) is 15.3 Å². The van der Waals surface area contributed by atoms with Gasteiger partial charge in [0.05, 0.1) is 25.9 Å². The maximum atomic E-state index is 13.4. The third kappa shape index (κ3) is 3.03. The molecule has 8 heteroatoms. The van der Waals surface area contributed by atoms with Crippen molar-refractivity contribution in [2.45, 2.75) is 6.10 Å². The Morgan fingerprint density at radius 3 is 2.78 bits per heavy atom. The molecule has 1 atom stereocenters. The van der Waals surface area contributed by atoms with E-state index in [1.807, 2.05) is 0 Å². The van der Waals surface area contributed by atoms with Crippen LogP contribution >= 0.6 is 0 Å². The summed E-state index contributed by atoms with van der Waals surface area (Å²) in [4.78, 5) is 3.68. The molecule has 1 aromatic heterocycles. The lowest BCUT2D eigenvalue weighted by Gasteiger charge is -2.23. The number of nitrogens with zero attached hydrogens (tertiary/aromatic N) is 1. The Bertz CT molecular complexity index is 413. The smallest absolute Gasteiger partial charge is 0.178 e. The summed E-state index contributed by atoms with van der Waals surface area (Å²) in [7, 11) is 0. The maximum absolute atomic E-state index is 13.4. The molecule has 0 spiro atoms. The number of ether oxygens (including phenoxy) is 2. The Balaban J connectivity index is 1.99. The Morgan fingerprint density at radius 2 is 2.11 bits per heavy atom. The van der Waals surface area contributed by atoms with Gasteiger partial charge in [-0.2, -0.15) is 0 Å². The van der Waals surface area contributed by atoms with Crippen LogP contribution < -0.4 is 16.6 Å². The zero-order chi connectivity index (χ0) is 13.0. The van der Waals surface area contributed by atoms with Crippen LogP contribution in [0.5, 0.6) is 0 Å². The second-order valence-electron chi connectivity index (χ2n) is 3.74. The average Bonchev–Trinajstić information content (AvgIpc) is 2.39. The number of hydrazine groups is 1. The van der Waals surface area contributed by atoms with Crippen molar-refractivity contribution in [3.8, 4) is 0 Å². The monoisotopic (exact) mass is 260 g/mol. The molecule has 6 nitrogen and oxygen atoms in total. The van der Waals surface area contributed by atoms with E-state index in [-0.39, 0.29) is 17.7 Å². The van der Waals surface area contributed by atoms with Gasteiger partial charge in [0, 0.05) is 12.6 Å². The highest BCUT2D eigenvalue weighted by molar-refractivity contribution is 5.46. The minimum atomic E-state index is -0.849. The highest BCUT2D eigenvalue weighted by atomic mass is 19.1.